The van der Waals surface area contributed by atoms with Gasteiger partial charge in [0, 0.05) is 27.2 Å². The smallest absolute Gasteiger partial charge is 0.262 e. The molecule has 6 heteroatoms. The number of ether oxygens (including phenoxy) is 1. The van der Waals surface area contributed by atoms with E-state index < -0.39 is 0 Å². The molecule has 1 fully saturated rings. The number of hydrazine groups is 1. The van der Waals surface area contributed by atoms with Crippen LogP contribution in [0.3, 0.4) is 0 Å². The molecule has 0 saturated carbocycles. The molecular weight excluding hydrogens is 210 g/mol. The second-order valence-electron chi connectivity index (χ2n) is 4.00. The molecular formula is C10H19N3O3. The molecule has 0 bridgehead atoms. The van der Waals surface area contributed by atoms with Gasteiger partial charge in [0.2, 0.25) is 5.91 Å². The zero-order valence-electron chi connectivity index (χ0n) is 9.81. The fraction of sp³-hybridized carbons (Fsp3) is 0.800. The summed E-state index contributed by atoms with van der Waals surface area (Å²) in [5.74, 6) is -0.573. The van der Waals surface area contributed by atoms with E-state index in [-0.39, 0.29) is 24.3 Å². The first-order valence-corrected chi connectivity index (χ1v) is 5.36. The molecule has 1 rings (SSSR count). The van der Waals surface area contributed by atoms with Crippen LogP contribution in [0.25, 0.3) is 0 Å². The summed E-state index contributed by atoms with van der Waals surface area (Å²) < 4.78 is 4.78. The predicted molar refractivity (Wildman–Crippen MR) is 58.1 cm³/mol. The van der Waals surface area contributed by atoms with E-state index in [0.717, 1.165) is 19.4 Å². The van der Waals surface area contributed by atoms with Gasteiger partial charge in [0.25, 0.3) is 5.91 Å². The van der Waals surface area contributed by atoms with Crippen molar-refractivity contribution in [3.63, 3.8) is 0 Å². The van der Waals surface area contributed by atoms with Gasteiger partial charge in [-0.05, 0) is 12.8 Å². The maximum Gasteiger partial charge on any atom is 0.262 e. The number of piperidine rings is 1. The first-order chi connectivity index (χ1) is 7.56. The van der Waals surface area contributed by atoms with Crippen LogP contribution in [0.15, 0.2) is 0 Å². The molecule has 2 N–H and O–H groups in total. The second-order valence-corrected chi connectivity index (χ2v) is 4.00. The molecule has 1 aliphatic heterocycles. The van der Waals surface area contributed by atoms with Gasteiger partial charge in [-0.3, -0.25) is 14.6 Å². The Morgan fingerprint density at radius 1 is 1.56 bits per heavy atom. The van der Waals surface area contributed by atoms with E-state index in [0.29, 0.717) is 6.54 Å². The van der Waals surface area contributed by atoms with Crippen molar-refractivity contribution in [1.82, 2.24) is 10.0 Å². The maximum absolute atomic E-state index is 11.6. The lowest BCUT2D eigenvalue weighted by Crippen LogP contribution is -2.51. The van der Waals surface area contributed by atoms with Crippen molar-refractivity contribution in [2.45, 2.75) is 12.8 Å². The van der Waals surface area contributed by atoms with Gasteiger partial charge < -0.3 is 10.5 Å². The third-order valence-electron chi connectivity index (χ3n) is 2.86. The Labute approximate surface area is 95.3 Å². The normalized spacial score (nSPS) is 21.8. The number of carbonyl (C=O) groups excluding carboxylic acids is 2. The van der Waals surface area contributed by atoms with Gasteiger partial charge in [-0.1, -0.05) is 0 Å². The van der Waals surface area contributed by atoms with Crippen molar-refractivity contribution < 1.29 is 14.3 Å². The average Bonchev–Trinajstić information content (AvgIpc) is 2.28. The number of amides is 2. The molecule has 6 nitrogen and oxygen atoms in total. The van der Waals surface area contributed by atoms with Crippen molar-refractivity contribution in [2.75, 3.05) is 33.9 Å². The highest BCUT2D eigenvalue weighted by Gasteiger charge is 2.27. The summed E-state index contributed by atoms with van der Waals surface area (Å²) in [6, 6.07) is 0. The van der Waals surface area contributed by atoms with Crippen LogP contribution in [0.5, 0.6) is 0 Å². The van der Waals surface area contributed by atoms with Crippen LogP contribution in [-0.2, 0) is 14.3 Å². The summed E-state index contributed by atoms with van der Waals surface area (Å²) in [4.78, 5) is 22.6. The number of rotatable bonds is 4. The summed E-state index contributed by atoms with van der Waals surface area (Å²) in [5, 5.41) is 3.36. The molecule has 0 radical (unpaired) electrons. The highest BCUT2D eigenvalue weighted by Crippen LogP contribution is 2.17. The largest absolute Gasteiger partial charge is 0.375 e. The second kappa shape index (κ2) is 5.81. The minimum Gasteiger partial charge on any atom is -0.375 e. The Balaban J connectivity index is 2.52. The number of methoxy groups -OCH3 is 1. The topological polar surface area (TPSA) is 75.9 Å². The zero-order valence-corrected chi connectivity index (χ0v) is 9.81. The van der Waals surface area contributed by atoms with E-state index in [1.165, 1.54) is 12.1 Å². The molecule has 1 saturated heterocycles. The molecule has 1 unspecified atom stereocenters. The first kappa shape index (κ1) is 12.9. The number of hydrogen-bond acceptors (Lipinski definition) is 4. The van der Waals surface area contributed by atoms with E-state index in [2.05, 4.69) is 0 Å². The summed E-state index contributed by atoms with van der Waals surface area (Å²) >= 11 is 0. The Bertz CT molecular complexity index is 270. The van der Waals surface area contributed by atoms with Crippen molar-refractivity contribution in [3.8, 4) is 0 Å². The Morgan fingerprint density at radius 3 is 2.81 bits per heavy atom. The SMILES string of the molecule is COCC(=O)N(C)N1CCCC(C(N)=O)C1. The highest BCUT2D eigenvalue weighted by atomic mass is 16.5. The third kappa shape index (κ3) is 3.18. The van der Waals surface area contributed by atoms with Crippen LogP contribution >= 0.6 is 0 Å². The van der Waals surface area contributed by atoms with Gasteiger partial charge in [-0.25, -0.2) is 5.01 Å². The molecule has 0 aromatic heterocycles. The number of primary amides is 1. The maximum atomic E-state index is 11.6. The van der Waals surface area contributed by atoms with E-state index in [1.807, 2.05) is 5.01 Å². The molecule has 1 atom stereocenters. The lowest BCUT2D eigenvalue weighted by atomic mass is 9.99. The minimum absolute atomic E-state index is 0.0498. The molecule has 0 aromatic rings. The average molecular weight is 229 g/mol. The lowest BCUT2D eigenvalue weighted by molar-refractivity contribution is -0.154. The van der Waals surface area contributed by atoms with Crippen LogP contribution in [0, 0.1) is 5.92 Å². The van der Waals surface area contributed by atoms with Crippen LogP contribution in [-0.4, -0.2) is 55.7 Å². The summed E-state index contributed by atoms with van der Waals surface area (Å²) in [7, 11) is 3.17. The van der Waals surface area contributed by atoms with E-state index in [4.69, 9.17) is 10.5 Å². The Morgan fingerprint density at radius 2 is 2.25 bits per heavy atom. The monoisotopic (exact) mass is 229 g/mol. The van der Waals surface area contributed by atoms with Gasteiger partial charge in [-0.15, -0.1) is 0 Å². The zero-order chi connectivity index (χ0) is 12.1. The van der Waals surface area contributed by atoms with Crippen molar-refractivity contribution in [2.24, 2.45) is 11.7 Å². The summed E-state index contributed by atoms with van der Waals surface area (Å²) in [6.45, 7) is 1.34. The van der Waals surface area contributed by atoms with E-state index >= 15 is 0 Å². The first-order valence-electron chi connectivity index (χ1n) is 5.36. The Hall–Kier alpha value is -1.14. The quantitative estimate of drug-likeness (QED) is 0.685. The highest BCUT2D eigenvalue weighted by molar-refractivity contribution is 5.78. The van der Waals surface area contributed by atoms with Gasteiger partial charge in [-0.2, -0.15) is 0 Å². The molecule has 0 aromatic carbocycles. The molecule has 2 amide bonds. The van der Waals surface area contributed by atoms with E-state index in [1.54, 1.807) is 7.05 Å². The predicted octanol–water partition coefficient (Wildman–Crippen LogP) is -0.796. The summed E-state index contributed by atoms with van der Waals surface area (Å²) in [6.07, 6.45) is 1.68. The molecule has 0 spiro atoms. The van der Waals surface area contributed by atoms with Gasteiger partial charge in [0.1, 0.15) is 6.61 Å². The third-order valence-corrected chi connectivity index (χ3v) is 2.86. The number of carbonyl (C=O) groups is 2. The Kier molecular flexibility index (Phi) is 4.70. The molecule has 0 aliphatic carbocycles. The molecule has 1 aliphatic rings. The standard InChI is InChI=1S/C10H19N3O3/c1-12(9(14)7-16-2)13-5-3-4-8(6-13)10(11)15/h8H,3-7H2,1-2H3,(H2,11,15). The van der Waals surface area contributed by atoms with E-state index in [9.17, 15) is 9.59 Å². The van der Waals surface area contributed by atoms with Crippen molar-refractivity contribution in [3.05, 3.63) is 0 Å². The fourth-order valence-electron chi connectivity index (χ4n) is 1.84. The number of hydrogen-bond donors (Lipinski definition) is 1. The number of nitrogens with zero attached hydrogens (tertiary/aromatic N) is 2. The van der Waals surface area contributed by atoms with Gasteiger partial charge >= 0.3 is 0 Å². The summed E-state index contributed by atoms with van der Waals surface area (Å²) in [5.41, 5.74) is 5.27. The lowest BCUT2D eigenvalue weighted by Gasteiger charge is -2.37. The minimum atomic E-state index is -0.294. The van der Waals surface area contributed by atoms with Crippen LogP contribution in [0.2, 0.25) is 0 Å². The van der Waals surface area contributed by atoms with Gasteiger partial charge in [0.15, 0.2) is 0 Å². The van der Waals surface area contributed by atoms with Crippen molar-refractivity contribution >= 4 is 11.8 Å². The van der Waals surface area contributed by atoms with Crippen LogP contribution < -0.4 is 5.73 Å². The molecule has 92 valence electrons. The van der Waals surface area contributed by atoms with Crippen LogP contribution in [0.1, 0.15) is 12.8 Å². The number of likely N-dealkylation sites (N-methyl/N-ethyl adjacent to an activating group) is 1. The number of nitrogens with two attached hydrogens (primary N) is 1. The molecule has 16 heavy (non-hydrogen) atoms. The van der Waals surface area contributed by atoms with Crippen LogP contribution in [0.4, 0.5) is 0 Å². The molecule has 1 heterocycles. The fourth-order valence-corrected chi connectivity index (χ4v) is 1.84. The van der Waals surface area contributed by atoms with Crippen molar-refractivity contribution in [1.29, 1.82) is 0 Å². The van der Waals surface area contributed by atoms with Gasteiger partial charge in [0.05, 0.1) is 5.92 Å².